The molecule has 0 unspecified atom stereocenters. The molecule has 0 aliphatic heterocycles. The van der Waals surface area contributed by atoms with Gasteiger partial charge in [0.15, 0.2) is 0 Å². The molecule has 0 heterocycles. The molecule has 9 heteroatoms. The van der Waals surface area contributed by atoms with Crippen LogP contribution in [0.2, 0.25) is 0 Å². The maximum atomic E-state index is 12.4. The van der Waals surface area contributed by atoms with Gasteiger partial charge in [0, 0.05) is 0 Å². The van der Waals surface area contributed by atoms with Crippen molar-refractivity contribution in [3.05, 3.63) is 28.8 Å². The topological polar surface area (TPSA) is 43.4 Å². The molecule has 3 nitrogen and oxygen atoms in total. The maximum absolute atomic E-state index is 12.4. The summed E-state index contributed by atoms with van der Waals surface area (Å²) in [5.41, 5.74) is -2.40. The smallest absolute Gasteiger partial charge is 0.455 e. The van der Waals surface area contributed by atoms with Crippen LogP contribution in [0, 0.1) is 6.92 Å². The summed E-state index contributed by atoms with van der Waals surface area (Å²) in [4.78, 5) is 22.5. The maximum Gasteiger partial charge on any atom is 0.455 e. The van der Waals surface area contributed by atoms with Gasteiger partial charge in [-0.3, -0.25) is 9.59 Å². The number of benzene rings is 1. The van der Waals surface area contributed by atoms with Crippen molar-refractivity contribution in [2.45, 2.75) is 19.3 Å². The molecular formula is C12H8F6O3. The van der Waals surface area contributed by atoms with Gasteiger partial charge in [-0.2, -0.15) is 26.3 Å². The van der Waals surface area contributed by atoms with E-state index in [0.717, 1.165) is 14.0 Å². The highest BCUT2D eigenvalue weighted by Gasteiger charge is 2.45. The minimum atomic E-state index is -5.31. The minimum absolute atomic E-state index is 0.115. The standard InChI is InChI=1S/C12H8F6O3/c1-5-3-6(9(19)11(13,14)15)8(21-2)7(4-5)10(20)12(16,17)18/h3-4H,1-2H3. The van der Waals surface area contributed by atoms with E-state index in [9.17, 15) is 35.9 Å². The Morgan fingerprint density at radius 3 is 1.48 bits per heavy atom. The molecule has 0 bridgehead atoms. The third kappa shape index (κ3) is 3.53. The fourth-order valence-corrected chi connectivity index (χ4v) is 1.64. The van der Waals surface area contributed by atoms with Gasteiger partial charge in [-0.05, 0) is 24.6 Å². The van der Waals surface area contributed by atoms with Crippen LogP contribution in [0.3, 0.4) is 0 Å². The second kappa shape index (κ2) is 5.38. The van der Waals surface area contributed by atoms with Crippen molar-refractivity contribution >= 4 is 11.6 Å². The third-order valence-corrected chi connectivity index (χ3v) is 2.44. The number of rotatable bonds is 3. The molecule has 0 aliphatic carbocycles. The van der Waals surface area contributed by atoms with Crippen LogP contribution in [0.25, 0.3) is 0 Å². The zero-order valence-electron chi connectivity index (χ0n) is 10.6. The number of methoxy groups -OCH3 is 1. The number of hydrogen-bond donors (Lipinski definition) is 0. The molecule has 0 aliphatic rings. The van der Waals surface area contributed by atoms with Gasteiger partial charge in [0.05, 0.1) is 18.2 Å². The van der Waals surface area contributed by atoms with Crippen molar-refractivity contribution < 1.29 is 40.7 Å². The first-order chi connectivity index (χ1) is 9.39. The first-order valence-corrected chi connectivity index (χ1v) is 5.31. The molecule has 0 saturated carbocycles. The van der Waals surface area contributed by atoms with Gasteiger partial charge in [0.1, 0.15) is 5.75 Å². The number of alkyl halides is 6. The van der Waals surface area contributed by atoms with E-state index in [1.807, 2.05) is 0 Å². The highest BCUT2D eigenvalue weighted by atomic mass is 19.4. The number of ether oxygens (including phenoxy) is 1. The van der Waals surface area contributed by atoms with E-state index in [0.29, 0.717) is 12.1 Å². The summed E-state index contributed by atoms with van der Waals surface area (Å²) >= 11 is 0. The van der Waals surface area contributed by atoms with Crippen LogP contribution in [0.4, 0.5) is 26.3 Å². The molecule has 0 aromatic heterocycles. The fourth-order valence-electron chi connectivity index (χ4n) is 1.64. The predicted octanol–water partition coefficient (Wildman–Crippen LogP) is 3.49. The highest BCUT2D eigenvalue weighted by molar-refractivity contribution is 6.09. The second-order valence-corrected chi connectivity index (χ2v) is 4.05. The second-order valence-electron chi connectivity index (χ2n) is 4.05. The van der Waals surface area contributed by atoms with E-state index in [4.69, 9.17) is 0 Å². The summed E-state index contributed by atoms with van der Waals surface area (Å²) in [6.07, 6.45) is -10.6. The van der Waals surface area contributed by atoms with Crippen LogP contribution in [-0.4, -0.2) is 31.0 Å². The molecule has 116 valence electrons. The highest BCUT2D eigenvalue weighted by Crippen LogP contribution is 2.34. The number of Topliss-reactive ketones (excluding diaryl/α,β-unsaturated/α-hetero) is 2. The van der Waals surface area contributed by atoms with Crippen molar-refractivity contribution in [2.24, 2.45) is 0 Å². The minimum Gasteiger partial charge on any atom is -0.495 e. The summed E-state index contributed by atoms with van der Waals surface area (Å²) in [6.45, 7) is 1.15. The lowest BCUT2D eigenvalue weighted by molar-refractivity contribution is -0.0890. The SMILES string of the molecule is COc1c(C(=O)C(F)(F)F)cc(C)cc1C(=O)C(F)(F)F. The van der Waals surface area contributed by atoms with Crippen molar-refractivity contribution in [3.8, 4) is 5.75 Å². The van der Waals surface area contributed by atoms with E-state index in [-0.39, 0.29) is 5.56 Å². The van der Waals surface area contributed by atoms with E-state index in [1.54, 1.807) is 0 Å². The van der Waals surface area contributed by atoms with Gasteiger partial charge >= 0.3 is 12.4 Å². The molecule has 0 amide bonds. The van der Waals surface area contributed by atoms with Gasteiger partial charge in [-0.25, -0.2) is 0 Å². The van der Waals surface area contributed by atoms with Gasteiger partial charge in [-0.15, -0.1) is 0 Å². The zero-order valence-corrected chi connectivity index (χ0v) is 10.6. The number of carbonyl (C=O) groups is 2. The molecule has 1 rings (SSSR count). The molecule has 1 aromatic carbocycles. The quantitative estimate of drug-likeness (QED) is 0.633. The summed E-state index contributed by atoms with van der Waals surface area (Å²) in [7, 11) is 0.769. The monoisotopic (exact) mass is 314 g/mol. The molecule has 0 atom stereocenters. The molecule has 0 fully saturated rings. The Balaban J connectivity index is 3.60. The van der Waals surface area contributed by atoms with Crippen LogP contribution >= 0.6 is 0 Å². The van der Waals surface area contributed by atoms with Crippen LogP contribution in [0.1, 0.15) is 26.3 Å². The molecule has 1 aromatic rings. The van der Waals surface area contributed by atoms with E-state index in [1.165, 1.54) is 0 Å². The van der Waals surface area contributed by atoms with Crippen LogP contribution in [0.15, 0.2) is 12.1 Å². The Bertz CT molecular complexity index is 539. The van der Waals surface area contributed by atoms with E-state index < -0.39 is 40.8 Å². The Labute approximate surface area is 114 Å². The number of halogens is 6. The van der Waals surface area contributed by atoms with Crippen molar-refractivity contribution in [1.82, 2.24) is 0 Å². The molecular weight excluding hydrogens is 306 g/mol. The van der Waals surface area contributed by atoms with Gasteiger partial charge in [0.2, 0.25) is 0 Å². The molecule has 0 saturated heterocycles. The molecule has 21 heavy (non-hydrogen) atoms. The zero-order chi connectivity index (χ0) is 16.6. The van der Waals surface area contributed by atoms with Crippen molar-refractivity contribution in [3.63, 3.8) is 0 Å². The lowest BCUT2D eigenvalue weighted by Crippen LogP contribution is -2.27. The van der Waals surface area contributed by atoms with Crippen LogP contribution in [0.5, 0.6) is 5.75 Å². The average molecular weight is 314 g/mol. The summed E-state index contributed by atoms with van der Waals surface area (Å²) in [5, 5.41) is 0. The average Bonchev–Trinajstić information content (AvgIpc) is 2.33. The Kier molecular flexibility index (Phi) is 4.35. The van der Waals surface area contributed by atoms with Crippen LogP contribution < -0.4 is 4.74 Å². The van der Waals surface area contributed by atoms with E-state index in [2.05, 4.69) is 4.74 Å². The number of hydrogen-bond acceptors (Lipinski definition) is 3. The Hall–Kier alpha value is -2.06. The lowest BCUT2D eigenvalue weighted by Gasteiger charge is -2.15. The van der Waals surface area contributed by atoms with Crippen LogP contribution in [-0.2, 0) is 0 Å². The summed E-state index contributed by atoms with van der Waals surface area (Å²) < 4.78 is 79.0. The normalized spacial score (nSPS) is 12.2. The van der Waals surface area contributed by atoms with Gasteiger partial charge in [-0.1, -0.05) is 0 Å². The number of carbonyl (C=O) groups excluding carboxylic acids is 2. The third-order valence-electron chi connectivity index (χ3n) is 2.44. The van der Waals surface area contributed by atoms with Gasteiger partial charge < -0.3 is 4.74 Å². The Morgan fingerprint density at radius 2 is 1.24 bits per heavy atom. The first kappa shape index (κ1) is 17.0. The lowest BCUT2D eigenvalue weighted by atomic mass is 9.98. The van der Waals surface area contributed by atoms with E-state index >= 15 is 0 Å². The molecule has 0 N–H and O–H groups in total. The van der Waals surface area contributed by atoms with Gasteiger partial charge in [0.25, 0.3) is 11.6 Å². The number of ketones is 2. The summed E-state index contributed by atoms with van der Waals surface area (Å²) in [5.74, 6) is -5.83. The molecule has 0 spiro atoms. The predicted molar refractivity (Wildman–Crippen MR) is 58.5 cm³/mol. The Morgan fingerprint density at radius 1 is 0.905 bits per heavy atom. The summed E-state index contributed by atoms with van der Waals surface area (Å²) in [6, 6.07) is 1.42. The first-order valence-electron chi connectivity index (χ1n) is 5.31. The van der Waals surface area contributed by atoms with Crippen molar-refractivity contribution in [1.29, 1.82) is 0 Å². The van der Waals surface area contributed by atoms with Crippen molar-refractivity contribution in [2.75, 3.05) is 7.11 Å². The largest absolute Gasteiger partial charge is 0.495 e. The fraction of sp³-hybridized carbons (Fsp3) is 0.333. The number of aryl methyl sites for hydroxylation is 1. The molecule has 0 radical (unpaired) electrons.